The van der Waals surface area contributed by atoms with Crippen molar-refractivity contribution < 1.29 is 104 Å². The summed E-state index contributed by atoms with van der Waals surface area (Å²) in [4.78, 5) is 22.8. The minimum absolute atomic E-state index is 0. The van der Waals surface area contributed by atoms with Crippen molar-refractivity contribution in [2.75, 3.05) is 47.8 Å². The van der Waals surface area contributed by atoms with E-state index >= 15 is 0 Å². The molecule has 4 rings (SSSR count). The summed E-state index contributed by atoms with van der Waals surface area (Å²) in [5.74, 6) is -2.14. The molecular weight excluding hydrogens is 601 g/mol. The van der Waals surface area contributed by atoms with Gasteiger partial charge in [0, 0.05) is 14.2 Å². The molecule has 2 aromatic heterocycles. The number of carbonyl (C=O) groups excluding carboxylic acids is 1. The minimum atomic E-state index is -1.15. The van der Waals surface area contributed by atoms with Crippen LogP contribution in [0.2, 0.25) is 0 Å². The number of methoxy groups -OCH3 is 3. The van der Waals surface area contributed by atoms with Crippen LogP contribution in [0, 0.1) is 11.6 Å². The van der Waals surface area contributed by atoms with Crippen LogP contribution < -0.4 is 60.9 Å². The molecule has 226 valence electrons. The number of aromatic nitrogens is 4. The second kappa shape index (κ2) is 19.1. The molecule has 0 saturated heterocycles. The molecule has 0 radical (unpaired) electrons. The number of halogens is 2. The average molecular weight is 631 g/mol. The summed E-state index contributed by atoms with van der Waals surface area (Å²) in [6, 6.07) is 11.2. The topological polar surface area (TPSA) is 166 Å². The first-order chi connectivity index (χ1) is 19.8. The van der Waals surface area contributed by atoms with E-state index in [-0.39, 0.29) is 105 Å². The first-order valence-electron chi connectivity index (χ1n) is 12.0. The van der Waals surface area contributed by atoms with E-state index in [0.717, 1.165) is 0 Å². The van der Waals surface area contributed by atoms with E-state index in [4.69, 9.17) is 24.1 Å². The van der Waals surface area contributed by atoms with Crippen LogP contribution in [0.15, 0.2) is 60.9 Å². The van der Waals surface area contributed by atoms with Crippen molar-refractivity contribution in [2.45, 2.75) is 0 Å². The second-order valence-corrected chi connectivity index (χ2v) is 7.98. The first kappa shape index (κ1) is 37.8. The predicted molar refractivity (Wildman–Crippen MR) is 142 cm³/mol. The van der Waals surface area contributed by atoms with Crippen LogP contribution in [0.25, 0.3) is 11.4 Å². The molecule has 0 spiro atoms. The van der Waals surface area contributed by atoms with Gasteiger partial charge in [0.05, 0.1) is 44.1 Å². The maximum absolute atomic E-state index is 13.0. The number of aromatic carboxylic acids is 1. The summed E-state index contributed by atoms with van der Waals surface area (Å²) in [5.41, 5.74) is 1.20. The number of nitrogens with zero attached hydrogens (tertiary/aromatic N) is 4. The zero-order chi connectivity index (χ0) is 29.8. The molecule has 0 unspecified atom stereocenters. The molecule has 0 fully saturated rings. The van der Waals surface area contributed by atoms with Crippen LogP contribution >= 0.6 is 0 Å². The van der Waals surface area contributed by atoms with Crippen LogP contribution in [-0.4, -0.2) is 89.8 Å². The van der Waals surface area contributed by atoms with Gasteiger partial charge in [0.25, 0.3) is 0 Å². The molecule has 0 aliphatic heterocycles. The van der Waals surface area contributed by atoms with Crippen molar-refractivity contribution in [1.29, 1.82) is 0 Å². The number of carboxylic acids is 1. The van der Waals surface area contributed by atoms with E-state index in [1.165, 1.54) is 84.5 Å². The molecule has 2 N–H and O–H groups in total. The molecule has 13 nitrogen and oxygen atoms in total. The van der Waals surface area contributed by atoms with Gasteiger partial charge in [-0.1, -0.05) is 0 Å². The summed E-state index contributed by atoms with van der Waals surface area (Å²) >= 11 is 0. The molecule has 2 aromatic carbocycles. The Hall–Kier alpha value is -3.22. The summed E-state index contributed by atoms with van der Waals surface area (Å²) in [5, 5.41) is 17.2. The zero-order valence-electron chi connectivity index (χ0n) is 23.9. The number of hydrogen-bond donors (Lipinski definition) is 1. The molecule has 0 amide bonds. The van der Waals surface area contributed by atoms with E-state index in [9.17, 15) is 18.4 Å². The molecule has 0 aliphatic carbocycles. The number of hydrogen-bond acceptors (Lipinski definition) is 10. The molecule has 0 aliphatic rings. The molecule has 4 aromatic rings. The predicted octanol–water partition coefficient (Wildman–Crippen LogP) is 0.385. The third-order valence-corrected chi connectivity index (χ3v) is 5.28. The van der Waals surface area contributed by atoms with Crippen LogP contribution in [-0.2, 0) is 14.2 Å². The maximum Gasteiger partial charge on any atom is 1.00 e. The summed E-state index contributed by atoms with van der Waals surface area (Å²) in [6.45, 7) is 1.10. The smallest absolute Gasteiger partial charge is 0.870 e. The number of carboxylic acid groups (broad SMARTS) is 1. The van der Waals surface area contributed by atoms with E-state index in [2.05, 4.69) is 14.9 Å². The van der Waals surface area contributed by atoms with E-state index in [0.29, 0.717) is 24.6 Å². The van der Waals surface area contributed by atoms with Gasteiger partial charge in [0.2, 0.25) is 11.8 Å². The Morgan fingerprint density at radius 1 is 0.721 bits per heavy atom. The summed E-state index contributed by atoms with van der Waals surface area (Å²) < 4.78 is 54.0. The quantitative estimate of drug-likeness (QED) is 0.131. The zero-order valence-corrected chi connectivity index (χ0v) is 27.0. The van der Waals surface area contributed by atoms with Gasteiger partial charge < -0.3 is 34.3 Å². The van der Waals surface area contributed by atoms with Gasteiger partial charge in [-0.05, 0) is 48.5 Å². The fourth-order valence-electron chi connectivity index (χ4n) is 3.32. The summed E-state index contributed by atoms with van der Waals surface area (Å²) in [6.07, 6.45) is 2.53. The number of esters is 1. The van der Waals surface area contributed by atoms with Gasteiger partial charge in [0.1, 0.15) is 36.0 Å². The average Bonchev–Trinajstić information content (AvgIpc) is 3.59. The van der Waals surface area contributed by atoms with Gasteiger partial charge in [0.15, 0.2) is 0 Å². The third kappa shape index (κ3) is 10.5. The molecule has 0 saturated carbocycles. The number of ether oxygens (including phenoxy) is 5. The monoisotopic (exact) mass is 630 g/mol. The minimum Gasteiger partial charge on any atom is -0.870 e. The fraction of sp³-hybridized carbons (Fsp3) is 0.259. The van der Waals surface area contributed by atoms with Crippen molar-refractivity contribution in [1.82, 2.24) is 19.6 Å². The van der Waals surface area contributed by atoms with Gasteiger partial charge in [-0.3, -0.25) is 0 Å². The summed E-state index contributed by atoms with van der Waals surface area (Å²) in [7, 11) is 4.33. The maximum atomic E-state index is 13.0. The van der Waals surface area contributed by atoms with Crippen molar-refractivity contribution in [3.63, 3.8) is 0 Å². The van der Waals surface area contributed by atoms with Crippen molar-refractivity contribution in [2.24, 2.45) is 0 Å². The fourth-order valence-corrected chi connectivity index (χ4v) is 3.32. The number of benzene rings is 2. The standard InChI is InChI=1S/C14H15FN2O4.C13H13FN2O4.K.H2O/c1-19-7-8-21-13-12(14(18)20-2)9-16-17(13)11-5-3-10(15)4-6-11;1-19-6-7-20-12-11(13(17)18)8-15-16(12)10-4-2-9(14)3-5-10;;/h3-6,9H,7-8H2,1-2H3;2-5,8H,6-7H2,1H3,(H,17,18);;1H2/q;;+1;/p-1. The Labute approximate surface area is 288 Å². The first-order valence-corrected chi connectivity index (χ1v) is 12.0. The largest absolute Gasteiger partial charge is 1.00 e. The normalized spacial score (nSPS) is 9.98. The van der Waals surface area contributed by atoms with Crippen molar-refractivity contribution in [3.05, 3.63) is 83.7 Å². The van der Waals surface area contributed by atoms with Crippen LogP contribution in [0.3, 0.4) is 0 Å². The molecule has 0 bridgehead atoms. The SMILES string of the molecule is COCCOc1c(C(=O)O)cnn1-c1ccc(F)cc1.COCCOc1c(C(=O)OC)cnn1-c1ccc(F)cc1.[K+].[OH-]. The Morgan fingerprint density at radius 2 is 1.12 bits per heavy atom. The van der Waals surface area contributed by atoms with Crippen LogP contribution in [0.4, 0.5) is 8.78 Å². The van der Waals surface area contributed by atoms with Crippen molar-refractivity contribution in [3.8, 4) is 23.1 Å². The Balaban J connectivity index is 0.000000411. The number of rotatable bonds is 12. The van der Waals surface area contributed by atoms with Crippen molar-refractivity contribution >= 4 is 11.9 Å². The second-order valence-electron chi connectivity index (χ2n) is 7.98. The van der Waals surface area contributed by atoms with Gasteiger partial charge in [-0.25, -0.2) is 27.7 Å². The number of carbonyl (C=O) groups is 2. The molecule has 43 heavy (non-hydrogen) atoms. The molecule has 0 atom stereocenters. The van der Waals surface area contributed by atoms with Crippen LogP contribution in [0.5, 0.6) is 11.8 Å². The Bertz CT molecular complexity index is 1430. The molecule has 16 heteroatoms. The Morgan fingerprint density at radius 3 is 1.49 bits per heavy atom. The van der Waals surface area contributed by atoms with Gasteiger partial charge >= 0.3 is 63.3 Å². The van der Waals surface area contributed by atoms with Gasteiger partial charge in [-0.15, -0.1) is 0 Å². The van der Waals surface area contributed by atoms with Crippen LogP contribution in [0.1, 0.15) is 20.7 Å². The Kier molecular flexibility index (Phi) is 16.8. The van der Waals surface area contributed by atoms with E-state index < -0.39 is 11.9 Å². The van der Waals surface area contributed by atoms with Gasteiger partial charge in [-0.2, -0.15) is 10.2 Å². The van der Waals surface area contributed by atoms with E-state index in [1.54, 1.807) is 7.11 Å². The third-order valence-electron chi connectivity index (χ3n) is 5.28. The molecule has 2 heterocycles. The van der Waals surface area contributed by atoms with E-state index in [1.807, 2.05) is 0 Å². The molecular formula is C27H29F2KN4O9.